The first-order valence-corrected chi connectivity index (χ1v) is 8.30. The monoisotopic (exact) mass is 204 g/mol. The van der Waals surface area contributed by atoms with Crippen molar-refractivity contribution in [1.29, 1.82) is 0 Å². The number of hydrogen-bond acceptors (Lipinski definition) is 0. The van der Waals surface area contributed by atoms with Crippen molar-refractivity contribution >= 4 is 13.3 Å². The van der Waals surface area contributed by atoms with Crippen LogP contribution in [-0.4, -0.2) is 8.07 Å². The Kier molecular flexibility index (Phi) is 3.70. The average Bonchev–Trinajstić information content (AvgIpc) is 2.28. The van der Waals surface area contributed by atoms with Gasteiger partial charge in [0.2, 0.25) is 0 Å². The van der Waals surface area contributed by atoms with Gasteiger partial charge >= 0.3 is 0 Å². The minimum Gasteiger partial charge on any atom is -0.0992 e. The molecule has 0 aliphatic carbocycles. The minimum absolute atomic E-state index is 1.24. The van der Waals surface area contributed by atoms with E-state index in [2.05, 4.69) is 57.3 Å². The molecular weight excluding hydrogens is 184 g/mol. The van der Waals surface area contributed by atoms with Crippen molar-refractivity contribution in [2.45, 2.75) is 32.5 Å². The maximum Gasteiger partial charge on any atom is 0.0831 e. The van der Waals surface area contributed by atoms with Crippen LogP contribution in [0.5, 0.6) is 0 Å². The molecule has 0 N–H and O–H groups in total. The van der Waals surface area contributed by atoms with E-state index in [0.29, 0.717) is 0 Å². The Bertz CT molecular complexity index is 296. The normalized spacial score (nSPS) is 11.4. The largest absolute Gasteiger partial charge is 0.0992 e. The highest BCUT2D eigenvalue weighted by Crippen LogP contribution is 2.30. The van der Waals surface area contributed by atoms with E-state index in [1.165, 1.54) is 22.8 Å². The van der Waals surface area contributed by atoms with Crippen molar-refractivity contribution in [2.24, 2.45) is 0 Å². The van der Waals surface area contributed by atoms with Gasteiger partial charge < -0.3 is 0 Å². The van der Waals surface area contributed by atoms with Crippen LogP contribution in [0.2, 0.25) is 18.6 Å². The van der Waals surface area contributed by atoms with Crippen molar-refractivity contribution in [3.05, 3.63) is 42.5 Å². The second-order valence-corrected chi connectivity index (χ2v) is 9.25. The zero-order chi connectivity index (χ0) is 10.6. The molecule has 0 unspecified atom stereocenters. The SMILES string of the molecule is C=C(c1ccccc1)[Si](C)(CC)CC. The summed E-state index contributed by atoms with van der Waals surface area (Å²) in [6, 6.07) is 13.2. The van der Waals surface area contributed by atoms with E-state index in [9.17, 15) is 0 Å². The van der Waals surface area contributed by atoms with Gasteiger partial charge in [-0.05, 0) is 5.56 Å². The smallest absolute Gasteiger partial charge is 0.0831 e. The molecule has 1 aromatic rings. The molecule has 1 aromatic carbocycles. The summed E-state index contributed by atoms with van der Waals surface area (Å²) in [6.07, 6.45) is 0. The molecule has 0 amide bonds. The molecule has 0 bridgehead atoms. The van der Waals surface area contributed by atoms with Gasteiger partial charge in [0.15, 0.2) is 0 Å². The number of hydrogen-bond donors (Lipinski definition) is 0. The lowest BCUT2D eigenvalue weighted by Crippen LogP contribution is -2.29. The summed E-state index contributed by atoms with van der Waals surface area (Å²) in [4.78, 5) is 0. The van der Waals surface area contributed by atoms with Gasteiger partial charge in [-0.3, -0.25) is 0 Å². The zero-order valence-corrected chi connectivity index (χ0v) is 10.5. The second kappa shape index (κ2) is 4.60. The summed E-state index contributed by atoms with van der Waals surface area (Å²) in [5.41, 5.74) is 1.34. The first-order valence-electron chi connectivity index (χ1n) is 5.39. The van der Waals surface area contributed by atoms with Crippen LogP contribution in [0.1, 0.15) is 19.4 Å². The lowest BCUT2D eigenvalue weighted by molar-refractivity contribution is 1.27. The van der Waals surface area contributed by atoms with Crippen LogP contribution in [0.4, 0.5) is 0 Å². The Balaban J connectivity index is 2.95. The van der Waals surface area contributed by atoms with Crippen LogP contribution < -0.4 is 0 Å². The van der Waals surface area contributed by atoms with E-state index in [1.54, 1.807) is 0 Å². The van der Waals surface area contributed by atoms with E-state index in [1.807, 2.05) is 0 Å². The van der Waals surface area contributed by atoms with Crippen LogP contribution >= 0.6 is 0 Å². The van der Waals surface area contributed by atoms with Crippen LogP contribution in [-0.2, 0) is 0 Å². The molecule has 14 heavy (non-hydrogen) atoms. The third-order valence-electron chi connectivity index (χ3n) is 3.41. The van der Waals surface area contributed by atoms with E-state index in [-0.39, 0.29) is 0 Å². The second-order valence-electron chi connectivity index (χ2n) is 4.11. The fourth-order valence-electron chi connectivity index (χ4n) is 1.66. The minimum atomic E-state index is -1.24. The molecule has 1 heteroatoms. The van der Waals surface area contributed by atoms with E-state index in [0.717, 1.165) is 0 Å². The van der Waals surface area contributed by atoms with Crippen molar-refractivity contribution in [3.63, 3.8) is 0 Å². The summed E-state index contributed by atoms with van der Waals surface area (Å²) in [5.74, 6) is 0. The molecule has 0 saturated heterocycles. The molecule has 1 rings (SSSR count). The molecule has 0 aromatic heterocycles. The first kappa shape index (κ1) is 11.3. The van der Waals surface area contributed by atoms with Gasteiger partial charge in [0.1, 0.15) is 0 Å². The van der Waals surface area contributed by atoms with E-state index < -0.39 is 8.07 Å². The zero-order valence-electron chi connectivity index (χ0n) is 9.51. The van der Waals surface area contributed by atoms with Gasteiger partial charge in [-0.15, -0.1) is 0 Å². The summed E-state index contributed by atoms with van der Waals surface area (Å²) in [6.45, 7) is 11.3. The van der Waals surface area contributed by atoms with Gasteiger partial charge in [-0.2, -0.15) is 0 Å². The van der Waals surface area contributed by atoms with Crippen molar-refractivity contribution in [1.82, 2.24) is 0 Å². The predicted molar refractivity (Wildman–Crippen MR) is 68.1 cm³/mol. The Morgan fingerprint density at radius 2 is 1.64 bits per heavy atom. The summed E-state index contributed by atoms with van der Waals surface area (Å²) in [5, 5.41) is 1.41. The molecule has 76 valence electrons. The highest BCUT2D eigenvalue weighted by molar-refractivity contribution is 6.95. The van der Waals surface area contributed by atoms with Crippen LogP contribution in [0.3, 0.4) is 0 Å². The maximum absolute atomic E-state index is 4.30. The summed E-state index contributed by atoms with van der Waals surface area (Å²) < 4.78 is 0. The Labute approximate surface area is 88.7 Å². The standard InChI is InChI=1S/C13H20Si/c1-5-14(4,6-2)12(3)13-10-8-7-9-11-13/h7-11H,3,5-6H2,1-2,4H3. The van der Waals surface area contributed by atoms with Gasteiger partial charge in [0.25, 0.3) is 0 Å². The molecule has 0 nitrogen and oxygen atoms in total. The lowest BCUT2D eigenvalue weighted by atomic mass is 10.2. The van der Waals surface area contributed by atoms with Crippen molar-refractivity contribution in [3.8, 4) is 0 Å². The van der Waals surface area contributed by atoms with Crippen LogP contribution in [0.25, 0.3) is 5.20 Å². The van der Waals surface area contributed by atoms with Gasteiger partial charge in [0, 0.05) is 0 Å². The fraction of sp³-hybridized carbons (Fsp3) is 0.385. The Hall–Kier alpha value is -0.823. The molecular formula is C13H20Si. The molecule has 0 aliphatic heterocycles. The summed E-state index contributed by atoms with van der Waals surface area (Å²) in [7, 11) is -1.24. The molecule has 0 heterocycles. The van der Waals surface area contributed by atoms with Crippen LogP contribution in [0.15, 0.2) is 36.9 Å². The lowest BCUT2D eigenvalue weighted by Gasteiger charge is -2.27. The van der Waals surface area contributed by atoms with E-state index >= 15 is 0 Å². The Morgan fingerprint density at radius 3 is 2.07 bits per heavy atom. The van der Waals surface area contributed by atoms with Crippen molar-refractivity contribution in [2.75, 3.05) is 0 Å². The van der Waals surface area contributed by atoms with E-state index in [4.69, 9.17) is 0 Å². The molecule has 0 atom stereocenters. The van der Waals surface area contributed by atoms with Gasteiger partial charge in [-0.25, -0.2) is 0 Å². The van der Waals surface area contributed by atoms with Crippen LogP contribution in [0, 0.1) is 0 Å². The molecule has 0 aliphatic rings. The molecule has 0 radical (unpaired) electrons. The highest BCUT2D eigenvalue weighted by atomic mass is 28.3. The fourth-order valence-corrected chi connectivity index (χ4v) is 3.88. The van der Waals surface area contributed by atoms with Crippen molar-refractivity contribution < 1.29 is 0 Å². The number of rotatable bonds is 4. The van der Waals surface area contributed by atoms with Gasteiger partial charge in [0.05, 0.1) is 8.07 Å². The quantitative estimate of drug-likeness (QED) is 0.639. The Morgan fingerprint density at radius 1 is 1.14 bits per heavy atom. The number of benzene rings is 1. The van der Waals surface area contributed by atoms with Gasteiger partial charge in [-0.1, -0.05) is 74.6 Å². The summed E-state index contributed by atoms with van der Waals surface area (Å²) >= 11 is 0. The third-order valence-corrected chi connectivity index (χ3v) is 8.28. The maximum atomic E-state index is 4.30. The highest BCUT2D eigenvalue weighted by Gasteiger charge is 2.26. The molecule has 0 spiro atoms. The first-order chi connectivity index (χ1) is 6.64. The predicted octanol–water partition coefficient (Wildman–Crippen LogP) is 4.36. The third kappa shape index (κ3) is 2.15. The topological polar surface area (TPSA) is 0 Å². The molecule has 0 fully saturated rings. The average molecular weight is 204 g/mol. The molecule has 0 saturated carbocycles.